The van der Waals surface area contributed by atoms with Gasteiger partial charge in [0, 0.05) is 26.3 Å². The van der Waals surface area contributed by atoms with Crippen LogP contribution in [0.2, 0.25) is 0 Å². The summed E-state index contributed by atoms with van der Waals surface area (Å²) in [6.45, 7) is 6.94. The maximum Gasteiger partial charge on any atom is 0.0846 e. The van der Waals surface area contributed by atoms with Gasteiger partial charge in [0.1, 0.15) is 0 Å². The molecule has 1 aromatic heterocycles. The Morgan fingerprint density at radius 1 is 1.44 bits per heavy atom. The Bertz CT molecular complexity index is 348. The second-order valence-corrected chi connectivity index (χ2v) is 4.51. The van der Waals surface area contributed by atoms with Crippen molar-refractivity contribution in [3.8, 4) is 0 Å². The first-order valence-corrected chi connectivity index (χ1v) is 6.57. The molecule has 1 aromatic rings. The maximum atomic E-state index is 5.96. The molecule has 0 aliphatic rings. The molecule has 1 rings (SSSR count). The first-order chi connectivity index (χ1) is 8.61. The van der Waals surface area contributed by atoms with E-state index in [4.69, 9.17) is 10.6 Å². The Hall–Kier alpha value is -0.980. The third-order valence-corrected chi connectivity index (χ3v) is 3.53. The summed E-state index contributed by atoms with van der Waals surface area (Å²) in [4.78, 5) is 0. The summed E-state index contributed by atoms with van der Waals surface area (Å²) in [6, 6.07) is 0.0316. The van der Waals surface area contributed by atoms with Gasteiger partial charge < -0.3 is 4.74 Å². The molecule has 6 nitrogen and oxygen atoms in total. The van der Waals surface area contributed by atoms with Crippen LogP contribution in [-0.2, 0) is 18.2 Å². The number of hydrazine groups is 1. The van der Waals surface area contributed by atoms with Crippen molar-refractivity contribution in [2.24, 2.45) is 12.9 Å². The van der Waals surface area contributed by atoms with Gasteiger partial charge in [0.15, 0.2) is 0 Å². The molecular weight excluding hydrogens is 230 g/mol. The molecule has 0 aliphatic heterocycles. The van der Waals surface area contributed by atoms with Crippen molar-refractivity contribution in [3.05, 3.63) is 11.9 Å². The van der Waals surface area contributed by atoms with E-state index >= 15 is 0 Å². The predicted molar refractivity (Wildman–Crippen MR) is 70.8 cm³/mol. The number of nitrogens with zero attached hydrogens (tertiary/aromatic N) is 3. The lowest BCUT2D eigenvalue weighted by Crippen LogP contribution is -2.55. The van der Waals surface area contributed by atoms with Crippen LogP contribution in [0.1, 0.15) is 39.3 Å². The average Bonchev–Trinajstić information content (AvgIpc) is 2.79. The molecule has 0 aliphatic carbocycles. The van der Waals surface area contributed by atoms with Crippen molar-refractivity contribution < 1.29 is 4.74 Å². The van der Waals surface area contributed by atoms with Crippen LogP contribution in [-0.4, -0.2) is 33.2 Å². The molecule has 6 heteroatoms. The van der Waals surface area contributed by atoms with Crippen molar-refractivity contribution in [1.29, 1.82) is 0 Å². The van der Waals surface area contributed by atoms with E-state index in [9.17, 15) is 0 Å². The number of hydrogen-bond acceptors (Lipinski definition) is 5. The van der Waals surface area contributed by atoms with Crippen LogP contribution in [0.5, 0.6) is 0 Å². The van der Waals surface area contributed by atoms with Crippen molar-refractivity contribution in [2.75, 3.05) is 6.61 Å². The van der Waals surface area contributed by atoms with E-state index < -0.39 is 0 Å². The zero-order valence-corrected chi connectivity index (χ0v) is 11.8. The highest BCUT2D eigenvalue weighted by Crippen LogP contribution is 2.26. The first-order valence-electron chi connectivity index (χ1n) is 6.57. The number of nitrogens with one attached hydrogen (secondary N) is 1. The van der Waals surface area contributed by atoms with Crippen LogP contribution in [0.25, 0.3) is 0 Å². The van der Waals surface area contributed by atoms with E-state index in [0.717, 1.165) is 18.5 Å². The van der Waals surface area contributed by atoms with Crippen LogP contribution in [0.3, 0.4) is 0 Å². The minimum absolute atomic E-state index is 0.0316. The van der Waals surface area contributed by atoms with Crippen LogP contribution >= 0.6 is 0 Å². The second kappa shape index (κ2) is 6.82. The number of nitrogens with two attached hydrogens (primary N) is 1. The van der Waals surface area contributed by atoms with Gasteiger partial charge in [-0.3, -0.25) is 16.0 Å². The molecule has 1 unspecified atom stereocenters. The third kappa shape index (κ3) is 3.28. The molecule has 0 amide bonds. The number of ether oxygens (including phenoxy) is 1. The molecule has 0 fully saturated rings. The summed E-state index contributed by atoms with van der Waals surface area (Å²) < 4.78 is 7.66. The smallest absolute Gasteiger partial charge is 0.0846 e. The summed E-state index contributed by atoms with van der Waals surface area (Å²) in [5.74, 6) is 5.71. The Morgan fingerprint density at radius 2 is 2.11 bits per heavy atom. The third-order valence-electron chi connectivity index (χ3n) is 3.53. The highest BCUT2D eigenvalue weighted by molar-refractivity contribution is 5.02. The Morgan fingerprint density at radius 3 is 2.50 bits per heavy atom. The molecule has 0 saturated carbocycles. The SMILES string of the molecule is CCOC(CC)(CC)C(Cc1cn(C)nn1)NN. The summed E-state index contributed by atoms with van der Waals surface area (Å²) in [5, 5.41) is 8.05. The fourth-order valence-corrected chi connectivity index (χ4v) is 2.43. The monoisotopic (exact) mass is 255 g/mol. The van der Waals surface area contributed by atoms with Gasteiger partial charge in [0.05, 0.1) is 17.3 Å². The van der Waals surface area contributed by atoms with Crippen molar-refractivity contribution in [1.82, 2.24) is 20.4 Å². The molecule has 0 radical (unpaired) electrons. The molecule has 18 heavy (non-hydrogen) atoms. The molecule has 0 bridgehead atoms. The highest BCUT2D eigenvalue weighted by atomic mass is 16.5. The summed E-state index contributed by atoms with van der Waals surface area (Å²) in [6.07, 6.45) is 4.44. The van der Waals surface area contributed by atoms with E-state index in [1.165, 1.54) is 0 Å². The van der Waals surface area contributed by atoms with Gasteiger partial charge in [-0.25, -0.2) is 0 Å². The van der Waals surface area contributed by atoms with Crippen LogP contribution in [0, 0.1) is 0 Å². The summed E-state index contributed by atoms with van der Waals surface area (Å²) in [7, 11) is 1.86. The normalized spacial score (nSPS) is 13.8. The molecule has 3 N–H and O–H groups in total. The molecule has 0 saturated heterocycles. The van der Waals surface area contributed by atoms with Crippen molar-refractivity contribution >= 4 is 0 Å². The number of aromatic nitrogens is 3. The molecule has 1 heterocycles. The number of rotatable bonds is 8. The zero-order chi connectivity index (χ0) is 13.6. The second-order valence-electron chi connectivity index (χ2n) is 4.51. The van der Waals surface area contributed by atoms with Crippen molar-refractivity contribution in [3.63, 3.8) is 0 Å². The zero-order valence-electron chi connectivity index (χ0n) is 11.8. The fraction of sp³-hybridized carbons (Fsp3) is 0.833. The Kier molecular flexibility index (Phi) is 5.71. The Balaban J connectivity index is 2.84. The van der Waals surface area contributed by atoms with E-state index in [0.29, 0.717) is 13.0 Å². The topological polar surface area (TPSA) is 78.0 Å². The lowest BCUT2D eigenvalue weighted by Gasteiger charge is -2.38. The lowest BCUT2D eigenvalue weighted by atomic mass is 9.86. The van der Waals surface area contributed by atoms with Gasteiger partial charge in [0.2, 0.25) is 0 Å². The Labute approximate surface area is 109 Å². The molecule has 0 spiro atoms. The largest absolute Gasteiger partial charge is 0.374 e. The minimum atomic E-state index is -0.249. The highest BCUT2D eigenvalue weighted by Gasteiger charge is 2.36. The average molecular weight is 255 g/mol. The number of hydrogen-bond donors (Lipinski definition) is 2. The summed E-state index contributed by atoms with van der Waals surface area (Å²) in [5.41, 5.74) is 3.56. The number of aryl methyl sites for hydroxylation is 1. The lowest BCUT2D eigenvalue weighted by molar-refractivity contribution is -0.0721. The van der Waals surface area contributed by atoms with E-state index in [1.54, 1.807) is 4.68 Å². The fourth-order valence-electron chi connectivity index (χ4n) is 2.43. The van der Waals surface area contributed by atoms with Gasteiger partial charge in [-0.05, 0) is 19.8 Å². The van der Waals surface area contributed by atoms with E-state index in [1.807, 2.05) is 20.2 Å². The van der Waals surface area contributed by atoms with Crippen LogP contribution in [0.15, 0.2) is 6.20 Å². The van der Waals surface area contributed by atoms with Crippen molar-refractivity contribution in [2.45, 2.75) is 51.7 Å². The first kappa shape index (κ1) is 15.1. The standard InChI is InChI=1S/C12H25N5O/c1-5-12(6-2,18-7-3)11(14-13)8-10-9-17(4)16-15-10/h9,11,14H,5-8,13H2,1-4H3. The summed E-state index contributed by atoms with van der Waals surface area (Å²) >= 11 is 0. The predicted octanol–water partition coefficient (Wildman–Crippen LogP) is 0.785. The minimum Gasteiger partial charge on any atom is -0.374 e. The maximum absolute atomic E-state index is 5.96. The van der Waals surface area contributed by atoms with Gasteiger partial charge in [0.25, 0.3) is 0 Å². The molecule has 1 atom stereocenters. The quantitative estimate of drug-likeness (QED) is 0.530. The van der Waals surface area contributed by atoms with E-state index in [-0.39, 0.29) is 11.6 Å². The van der Waals surface area contributed by atoms with Gasteiger partial charge in [-0.15, -0.1) is 5.10 Å². The molecular formula is C12H25N5O. The van der Waals surface area contributed by atoms with E-state index in [2.05, 4.69) is 29.6 Å². The van der Waals surface area contributed by atoms with Gasteiger partial charge in [-0.1, -0.05) is 19.1 Å². The molecule has 0 aromatic carbocycles. The molecule has 104 valence electrons. The van der Waals surface area contributed by atoms with Gasteiger partial charge >= 0.3 is 0 Å². The van der Waals surface area contributed by atoms with Crippen LogP contribution in [0.4, 0.5) is 0 Å². The van der Waals surface area contributed by atoms with Gasteiger partial charge in [-0.2, -0.15) is 0 Å². The van der Waals surface area contributed by atoms with Crippen LogP contribution < -0.4 is 11.3 Å².